The van der Waals surface area contributed by atoms with E-state index in [4.69, 9.17) is 11.6 Å². The molecule has 0 aliphatic heterocycles. The number of halogens is 1. The summed E-state index contributed by atoms with van der Waals surface area (Å²) in [5, 5.41) is 11.5. The van der Waals surface area contributed by atoms with Gasteiger partial charge >= 0.3 is 0 Å². The van der Waals surface area contributed by atoms with Crippen molar-refractivity contribution in [2.24, 2.45) is 5.10 Å². The zero-order valence-electron chi connectivity index (χ0n) is 14.1. The number of nitrogens with one attached hydrogen (secondary N) is 2. The summed E-state index contributed by atoms with van der Waals surface area (Å²) in [7, 11) is 0. The van der Waals surface area contributed by atoms with Gasteiger partial charge in [0.05, 0.1) is 11.9 Å². The molecule has 6 heteroatoms. The van der Waals surface area contributed by atoms with Crippen LogP contribution in [0.4, 0.5) is 0 Å². The second-order valence-electron chi connectivity index (χ2n) is 5.67. The van der Waals surface area contributed by atoms with Gasteiger partial charge in [-0.25, -0.2) is 5.43 Å². The number of benzene rings is 2. The standard InChI is InChI=1S/C20H17ClN4O/c1-14(11-15-5-3-2-4-6-15)13-22-25-20(26)19-12-18(23-24-19)16-7-9-17(21)10-8-16/h2-13H,1H3,(H,23,24)(H,25,26)/b14-11-,22-13-. The molecule has 0 saturated carbocycles. The zero-order valence-corrected chi connectivity index (χ0v) is 14.9. The van der Waals surface area contributed by atoms with Crippen LogP contribution in [0.25, 0.3) is 17.3 Å². The van der Waals surface area contributed by atoms with E-state index >= 15 is 0 Å². The molecule has 0 saturated heterocycles. The van der Waals surface area contributed by atoms with Gasteiger partial charge in [0.15, 0.2) is 0 Å². The number of carbonyl (C=O) groups is 1. The molecule has 0 unspecified atom stereocenters. The number of aromatic amines is 1. The first-order chi connectivity index (χ1) is 12.6. The summed E-state index contributed by atoms with van der Waals surface area (Å²) < 4.78 is 0. The van der Waals surface area contributed by atoms with Crippen LogP contribution in [0.5, 0.6) is 0 Å². The monoisotopic (exact) mass is 364 g/mol. The molecule has 3 aromatic rings. The third kappa shape index (κ3) is 4.68. The lowest BCUT2D eigenvalue weighted by molar-refractivity contribution is 0.0950. The molecule has 26 heavy (non-hydrogen) atoms. The van der Waals surface area contributed by atoms with Crippen molar-refractivity contribution in [1.82, 2.24) is 15.6 Å². The number of rotatable bonds is 5. The Kier molecular flexibility index (Phi) is 5.61. The van der Waals surface area contributed by atoms with Crippen molar-refractivity contribution in [2.75, 3.05) is 0 Å². The Hall–Kier alpha value is -3.18. The number of nitrogens with zero attached hydrogens (tertiary/aromatic N) is 2. The van der Waals surface area contributed by atoms with Crippen LogP contribution in [0.2, 0.25) is 5.02 Å². The summed E-state index contributed by atoms with van der Waals surface area (Å²) in [6.45, 7) is 1.91. The number of amides is 1. The normalized spacial score (nSPS) is 11.7. The third-order valence-corrected chi connectivity index (χ3v) is 3.84. The minimum absolute atomic E-state index is 0.330. The van der Waals surface area contributed by atoms with Crippen molar-refractivity contribution in [3.05, 3.63) is 82.5 Å². The molecular formula is C20H17ClN4O. The first kappa shape index (κ1) is 17.6. The van der Waals surface area contributed by atoms with Crippen molar-refractivity contribution in [3.8, 4) is 11.3 Å². The highest BCUT2D eigenvalue weighted by Gasteiger charge is 2.10. The maximum absolute atomic E-state index is 12.1. The van der Waals surface area contributed by atoms with Crippen molar-refractivity contribution >= 4 is 29.8 Å². The van der Waals surface area contributed by atoms with Gasteiger partial charge in [0, 0.05) is 10.6 Å². The predicted octanol–water partition coefficient (Wildman–Crippen LogP) is 4.55. The largest absolute Gasteiger partial charge is 0.289 e. The predicted molar refractivity (Wildman–Crippen MR) is 105 cm³/mol. The number of carbonyl (C=O) groups excluding carboxylic acids is 1. The highest BCUT2D eigenvalue weighted by Crippen LogP contribution is 2.20. The number of hydrogen-bond donors (Lipinski definition) is 2. The molecule has 5 nitrogen and oxygen atoms in total. The van der Waals surface area contributed by atoms with Gasteiger partial charge < -0.3 is 0 Å². The zero-order chi connectivity index (χ0) is 18.4. The van der Waals surface area contributed by atoms with Crippen LogP contribution in [0.1, 0.15) is 23.0 Å². The fraction of sp³-hybridized carbons (Fsp3) is 0.0500. The van der Waals surface area contributed by atoms with Gasteiger partial charge in [-0.15, -0.1) is 0 Å². The fourth-order valence-electron chi connectivity index (χ4n) is 2.31. The van der Waals surface area contributed by atoms with Gasteiger partial charge in [-0.1, -0.05) is 60.1 Å². The van der Waals surface area contributed by atoms with E-state index in [1.165, 1.54) is 0 Å². The van der Waals surface area contributed by atoms with Crippen LogP contribution in [0, 0.1) is 0 Å². The minimum atomic E-state index is -0.360. The Labute approximate surface area is 156 Å². The van der Waals surface area contributed by atoms with Gasteiger partial charge in [-0.2, -0.15) is 10.2 Å². The first-order valence-corrected chi connectivity index (χ1v) is 8.38. The Morgan fingerprint density at radius 1 is 1.15 bits per heavy atom. The molecular weight excluding hydrogens is 348 g/mol. The summed E-state index contributed by atoms with van der Waals surface area (Å²) >= 11 is 5.88. The van der Waals surface area contributed by atoms with E-state index in [-0.39, 0.29) is 5.91 Å². The van der Waals surface area contributed by atoms with Crippen LogP contribution in [0.3, 0.4) is 0 Å². The minimum Gasteiger partial charge on any atom is -0.272 e. The second-order valence-corrected chi connectivity index (χ2v) is 6.11. The number of hydrogen-bond acceptors (Lipinski definition) is 3. The Morgan fingerprint density at radius 2 is 1.88 bits per heavy atom. The molecule has 0 aliphatic carbocycles. The Bertz CT molecular complexity index is 943. The molecule has 0 aliphatic rings. The average molecular weight is 365 g/mol. The molecule has 0 spiro atoms. The topological polar surface area (TPSA) is 70.1 Å². The van der Waals surface area contributed by atoms with Gasteiger partial charge in [-0.05, 0) is 36.3 Å². The molecule has 0 radical (unpaired) electrons. The lowest BCUT2D eigenvalue weighted by Gasteiger charge is -1.97. The van der Waals surface area contributed by atoms with E-state index in [2.05, 4.69) is 20.7 Å². The summed E-state index contributed by atoms with van der Waals surface area (Å²) in [5.41, 5.74) is 6.34. The van der Waals surface area contributed by atoms with Crippen LogP contribution >= 0.6 is 11.6 Å². The highest BCUT2D eigenvalue weighted by molar-refractivity contribution is 6.30. The SMILES string of the molecule is CC(/C=N\NC(=O)c1cc(-c2ccc(Cl)cc2)n[nH]1)=C/c1ccccc1. The number of aromatic nitrogens is 2. The molecule has 1 amide bonds. The van der Waals surface area contributed by atoms with Crippen LogP contribution in [-0.4, -0.2) is 22.3 Å². The molecule has 2 N–H and O–H groups in total. The summed E-state index contributed by atoms with van der Waals surface area (Å²) in [6.07, 6.45) is 3.58. The number of allylic oxidation sites excluding steroid dienone is 1. The highest BCUT2D eigenvalue weighted by atomic mass is 35.5. The quantitative estimate of drug-likeness (QED) is 0.515. The maximum atomic E-state index is 12.1. The first-order valence-electron chi connectivity index (χ1n) is 8.00. The molecule has 1 heterocycles. The van der Waals surface area contributed by atoms with E-state index in [1.807, 2.05) is 55.5 Å². The van der Waals surface area contributed by atoms with Gasteiger partial charge in [-0.3, -0.25) is 9.89 Å². The lowest BCUT2D eigenvalue weighted by atomic mass is 10.1. The lowest BCUT2D eigenvalue weighted by Crippen LogP contribution is -2.17. The van der Waals surface area contributed by atoms with E-state index in [0.29, 0.717) is 16.4 Å². The van der Waals surface area contributed by atoms with E-state index in [1.54, 1.807) is 24.4 Å². The summed E-state index contributed by atoms with van der Waals surface area (Å²) in [5.74, 6) is -0.360. The smallest absolute Gasteiger partial charge is 0.272 e. The maximum Gasteiger partial charge on any atom is 0.289 e. The van der Waals surface area contributed by atoms with Crippen LogP contribution < -0.4 is 5.43 Å². The fourth-order valence-corrected chi connectivity index (χ4v) is 2.43. The second kappa shape index (κ2) is 8.27. The van der Waals surface area contributed by atoms with Crippen LogP contribution in [-0.2, 0) is 0 Å². The average Bonchev–Trinajstić information content (AvgIpc) is 3.13. The summed E-state index contributed by atoms with van der Waals surface area (Å²) in [6, 6.07) is 18.8. The molecule has 0 atom stereocenters. The molecule has 3 rings (SSSR count). The van der Waals surface area contributed by atoms with E-state index in [9.17, 15) is 4.79 Å². The van der Waals surface area contributed by atoms with Gasteiger partial charge in [0.25, 0.3) is 5.91 Å². The van der Waals surface area contributed by atoms with E-state index in [0.717, 1.165) is 16.7 Å². The Morgan fingerprint density at radius 3 is 2.62 bits per heavy atom. The van der Waals surface area contributed by atoms with Crippen LogP contribution in [0.15, 0.2) is 71.3 Å². The number of hydrazone groups is 1. The third-order valence-electron chi connectivity index (χ3n) is 3.59. The molecule has 1 aromatic heterocycles. The molecule has 0 fully saturated rings. The molecule has 130 valence electrons. The molecule has 0 bridgehead atoms. The van der Waals surface area contributed by atoms with Gasteiger partial charge in [0.1, 0.15) is 5.69 Å². The van der Waals surface area contributed by atoms with Crippen molar-refractivity contribution < 1.29 is 4.79 Å². The van der Waals surface area contributed by atoms with Crippen molar-refractivity contribution in [2.45, 2.75) is 6.92 Å². The Balaban J connectivity index is 1.62. The number of H-pyrrole nitrogens is 1. The summed E-state index contributed by atoms with van der Waals surface area (Å²) in [4.78, 5) is 12.1. The van der Waals surface area contributed by atoms with Gasteiger partial charge in [0.2, 0.25) is 0 Å². The van der Waals surface area contributed by atoms with E-state index < -0.39 is 0 Å². The van der Waals surface area contributed by atoms with Crippen molar-refractivity contribution in [1.29, 1.82) is 0 Å². The van der Waals surface area contributed by atoms with Crippen molar-refractivity contribution in [3.63, 3.8) is 0 Å². The molecule has 2 aromatic carbocycles.